The van der Waals surface area contributed by atoms with Crippen molar-refractivity contribution in [1.29, 1.82) is 5.26 Å². The van der Waals surface area contributed by atoms with E-state index in [-0.39, 0.29) is 5.75 Å². The average Bonchev–Trinajstić information content (AvgIpc) is 2.60. The van der Waals surface area contributed by atoms with Gasteiger partial charge in [-0.3, -0.25) is 4.79 Å². The molecule has 27 heavy (non-hydrogen) atoms. The van der Waals surface area contributed by atoms with Gasteiger partial charge in [-0.1, -0.05) is 6.07 Å². The third-order valence-electron chi connectivity index (χ3n) is 3.25. The van der Waals surface area contributed by atoms with Gasteiger partial charge in [0.05, 0.1) is 12.7 Å². The van der Waals surface area contributed by atoms with Crippen molar-refractivity contribution in [3.05, 3.63) is 53.3 Å². The van der Waals surface area contributed by atoms with E-state index in [1.807, 2.05) is 0 Å². The molecular formula is C16H11F3N2O5S. The zero-order valence-corrected chi connectivity index (χ0v) is 14.4. The Hall–Kier alpha value is -3.26. The highest BCUT2D eigenvalue weighted by Gasteiger charge is 2.26. The number of nitrogens with zero attached hydrogens (tertiary/aromatic N) is 1. The summed E-state index contributed by atoms with van der Waals surface area (Å²) >= 11 is 0. The monoisotopic (exact) mass is 400 g/mol. The molecule has 0 radical (unpaired) electrons. The fourth-order valence-electron chi connectivity index (χ4n) is 2.08. The Morgan fingerprint density at radius 2 is 1.96 bits per heavy atom. The van der Waals surface area contributed by atoms with Crippen molar-refractivity contribution in [2.75, 3.05) is 7.11 Å². The lowest BCUT2D eigenvalue weighted by molar-refractivity contribution is -0.0502. The van der Waals surface area contributed by atoms with Gasteiger partial charge >= 0.3 is 6.61 Å². The zero-order valence-electron chi connectivity index (χ0n) is 13.6. The number of ether oxygens (including phenoxy) is 2. The number of methoxy groups -OCH3 is 1. The summed E-state index contributed by atoms with van der Waals surface area (Å²) in [6.45, 7) is -3.28. The van der Waals surface area contributed by atoms with E-state index >= 15 is 0 Å². The second-order valence-corrected chi connectivity index (χ2v) is 6.55. The SMILES string of the molecule is COc1ccc(C(=O)NS(=O)(=O)c2cccc(F)c2C#N)c(OC(F)F)c1. The summed E-state index contributed by atoms with van der Waals surface area (Å²) in [4.78, 5) is 11.5. The third kappa shape index (κ3) is 4.48. The van der Waals surface area contributed by atoms with Crippen LogP contribution in [0.1, 0.15) is 15.9 Å². The number of hydrogen-bond acceptors (Lipinski definition) is 6. The maximum Gasteiger partial charge on any atom is 0.387 e. The van der Waals surface area contributed by atoms with Gasteiger partial charge in [-0.25, -0.2) is 17.5 Å². The van der Waals surface area contributed by atoms with Crippen LogP contribution >= 0.6 is 0 Å². The molecule has 2 aromatic rings. The van der Waals surface area contributed by atoms with E-state index in [4.69, 9.17) is 10.00 Å². The molecule has 142 valence electrons. The summed E-state index contributed by atoms with van der Waals surface area (Å²) in [5.74, 6) is -2.96. The van der Waals surface area contributed by atoms with Crippen molar-refractivity contribution in [2.45, 2.75) is 11.5 Å². The van der Waals surface area contributed by atoms with Crippen molar-refractivity contribution < 1.29 is 35.9 Å². The number of alkyl halides is 2. The van der Waals surface area contributed by atoms with Crippen LogP contribution in [0.5, 0.6) is 11.5 Å². The quantitative estimate of drug-likeness (QED) is 0.798. The normalized spacial score (nSPS) is 11.0. The Labute approximate surface area is 152 Å². The predicted octanol–water partition coefficient (Wildman–Crippen LogP) is 2.43. The molecule has 1 amide bonds. The molecule has 0 unspecified atom stereocenters. The lowest BCUT2D eigenvalue weighted by atomic mass is 10.2. The number of carbonyl (C=O) groups excluding carboxylic acids is 1. The van der Waals surface area contributed by atoms with Crippen LogP contribution in [0.3, 0.4) is 0 Å². The second kappa shape index (κ2) is 7.96. The van der Waals surface area contributed by atoms with Crippen molar-refractivity contribution >= 4 is 15.9 Å². The summed E-state index contributed by atoms with van der Waals surface area (Å²) in [5.41, 5.74) is -1.33. The van der Waals surface area contributed by atoms with Crippen LogP contribution in [0.2, 0.25) is 0 Å². The maximum absolute atomic E-state index is 13.6. The van der Waals surface area contributed by atoms with Crippen LogP contribution < -0.4 is 14.2 Å². The Bertz CT molecular complexity index is 1020. The number of hydrogen-bond donors (Lipinski definition) is 1. The molecule has 0 aliphatic carbocycles. The first-order valence-electron chi connectivity index (χ1n) is 7.08. The Balaban J connectivity index is 2.43. The molecule has 0 bridgehead atoms. The second-order valence-electron chi connectivity index (χ2n) is 4.90. The van der Waals surface area contributed by atoms with E-state index in [2.05, 4.69) is 4.74 Å². The largest absolute Gasteiger partial charge is 0.497 e. The minimum atomic E-state index is -4.67. The van der Waals surface area contributed by atoms with Gasteiger partial charge in [0.25, 0.3) is 15.9 Å². The highest BCUT2D eigenvalue weighted by atomic mass is 32.2. The molecular weight excluding hydrogens is 389 g/mol. The highest BCUT2D eigenvalue weighted by Crippen LogP contribution is 2.27. The van der Waals surface area contributed by atoms with Gasteiger partial charge in [-0.05, 0) is 24.3 Å². The number of benzene rings is 2. The number of nitriles is 1. The molecule has 2 rings (SSSR count). The third-order valence-corrected chi connectivity index (χ3v) is 4.63. The topological polar surface area (TPSA) is 105 Å². The first-order chi connectivity index (χ1) is 12.7. The van der Waals surface area contributed by atoms with Crippen molar-refractivity contribution in [1.82, 2.24) is 4.72 Å². The Kier molecular flexibility index (Phi) is 5.91. The molecule has 0 atom stereocenters. The first kappa shape index (κ1) is 20.1. The van der Waals surface area contributed by atoms with Gasteiger partial charge in [0.2, 0.25) is 0 Å². The number of carbonyl (C=O) groups is 1. The molecule has 11 heteroatoms. The van der Waals surface area contributed by atoms with Gasteiger partial charge in [0.1, 0.15) is 33.8 Å². The van der Waals surface area contributed by atoms with E-state index in [0.717, 1.165) is 30.3 Å². The standard InChI is InChI=1S/C16H11F3N2O5S/c1-25-9-5-6-10(13(7-9)26-16(18)19)15(22)21-27(23,24)14-4-2-3-12(17)11(14)8-20/h2-7,16H,1H3,(H,21,22). The van der Waals surface area contributed by atoms with E-state index in [0.29, 0.717) is 0 Å². The summed E-state index contributed by atoms with van der Waals surface area (Å²) < 4.78 is 74.0. The van der Waals surface area contributed by atoms with Gasteiger partial charge in [-0.15, -0.1) is 0 Å². The predicted molar refractivity (Wildman–Crippen MR) is 85.4 cm³/mol. The number of nitrogens with one attached hydrogen (secondary N) is 1. The van der Waals surface area contributed by atoms with Crippen molar-refractivity contribution in [3.8, 4) is 17.6 Å². The molecule has 0 saturated carbocycles. The van der Waals surface area contributed by atoms with Gasteiger partial charge < -0.3 is 9.47 Å². The van der Waals surface area contributed by atoms with Crippen LogP contribution in [-0.2, 0) is 10.0 Å². The zero-order chi connectivity index (χ0) is 20.2. The Morgan fingerprint density at radius 3 is 2.56 bits per heavy atom. The van der Waals surface area contributed by atoms with Crippen LogP contribution in [0, 0.1) is 17.1 Å². The van der Waals surface area contributed by atoms with Crippen LogP contribution in [0.25, 0.3) is 0 Å². The lowest BCUT2D eigenvalue weighted by Gasteiger charge is -2.13. The van der Waals surface area contributed by atoms with E-state index in [1.54, 1.807) is 4.72 Å². The van der Waals surface area contributed by atoms with Crippen LogP contribution in [0.4, 0.5) is 13.2 Å². The number of halogens is 3. The average molecular weight is 400 g/mol. The van der Waals surface area contributed by atoms with Gasteiger partial charge in [0.15, 0.2) is 0 Å². The first-order valence-corrected chi connectivity index (χ1v) is 8.56. The molecule has 0 aliphatic rings. The van der Waals surface area contributed by atoms with E-state index in [9.17, 15) is 26.4 Å². The van der Waals surface area contributed by atoms with Gasteiger partial charge in [0, 0.05) is 6.07 Å². The Morgan fingerprint density at radius 1 is 1.26 bits per heavy atom. The molecule has 0 heterocycles. The maximum atomic E-state index is 13.6. The smallest absolute Gasteiger partial charge is 0.387 e. The van der Waals surface area contributed by atoms with Crippen LogP contribution in [-0.4, -0.2) is 28.0 Å². The minimum absolute atomic E-state index is 0.0851. The van der Waals surface area contributed by atoms with E-state index < -0.39 is 50.1 Å². The summed E-state index contributed by atoms with van der Waals surface area (Å²) in [5, 5.41) is 8.93. The van der Waals surface area contributed by atoms with Crippen LogP contribution in [0.15, 0.2) is 41.3 Å². The number of amides is 1. The molecule has 7 nitrogen and oxygen atoms in total. The van der Waals surface area contributed by atoms with E-state index in [1.165, 1.54) is 19.2 Å². The molecule has 1 N–H and O–H groups in total. The van der Waals surface area contributed by atoms with Gasteiger partial charge in [-0.2, -0.15) is 14.0 Å². The molecule has 0 spiro atoms. The van der Waals surface area contributed by atoms with Crippen molar-refractivity contribution in [3.63, 3.8) is 0 Å². The molecule has 0 saturated heterocycles. The summed E-state index contributed by atoms with van der Waals surface area (Å²) in [6, 6.07) is 7.42. The lowest BCUT2D eigenvalue weighted by Crippen LogP contribution is -2.31. The molecule has 0 fully saturated rings. The molecule has 2 aromatic carbocycles. The molecule has 0 aliphatic heterocycles. The number of sulfonamides is 1. The fourth-order valence-corrected chi connectivity index (χ4v) is 3.21. The molecule has 0 aromatic heterocycles. The summed E-state index contributed by atoms with van der Waals surface area (Å²) in [7, 11) is -3.42. The number of rotatable bonds is 6. The minimum Gasteiger partial charge on any atom is -0.497 e. The highest BCUT2D eigenvalue weighted by molar-refractivity contribution is 7.90. The fraction of sp³-hybridized carbons (Fsp3) is 0.125. The summed E-state index contributed by atoms with van der Waals surface area (Å²) in [6.07, 6.45) is 0. The van der Waals surface area contributed by atoms with Crippen molar-refractivity contribution in [2.24, 2.45) is 0 Å².